The van der Waals surface area contributed by atoms with Gasteiger partial charge in [-0.3, -0.25) is 0 Å². The Morgan fingerprint density at radius 2 is 2.36 bits per heavy atom. The van der Waals surface area contributed by atoms with Gasteiger partial charge in [-0.25, -0.2) is 4.21 Å². The maximum atomic E-state index is 10.3. The predicted molar refractivity (Wildman–Crippen MR) is 43.8 cm³/mol. The van der Waals surface area contributed by atoms with Gasteiger partial charge in [-0.2, -0.15) is 0 Å². The van der Waals surface area contributed by atoms with E-state index in [-0.39, 0.29) is 6.10 Å². The van der Waals surface area contributed by atoms with Gasteiger partial charge in [0.05, 0.1) is 11.9 Å². The monoisotopic (exact) mass is 178 g/mol. The molecule has 3 nitrogen and oxygen atoms in total. The Balaban J connectivity index is 2.09. The SMILES string of the molecule is O=S(O)CCC1CCCCO1. The number of hydrogen-bond donors (Lipinski definition) is 1. The molecule has 1 N–H and O–H groups in total. The first-order valence-corrected chi connectivity index (χ1v) is 5.25. The van der Waals surface area contributed by atoms with E-state index in [2.05, 4.69) is 0 Å². The second-order valence-corrected chi connectivity index (χ2v) is 3.85. The van der Waals surface area contributed by atoms with Gasteiger partial charge in [-0.15, -0.1) is 0 Å². The van der Waals surface area contributed by atoms with Crippen molar-refractivity contribution in [2.45, 2.75) is 31.8 Å². The fraction of sp³-hybridized carbons (Fsp3) is 1.00. The van der Waals surface area contributed by atoms with Crippen molar-refractivity contribution in [2.24, 2.45) is 0 Å². The van der Waals surface area contributed by atoms with Gasteiger partial charge in [0.15, 0.2) is 11.1 Å². The van der Waals surface area contributed by atoms with Crippen LogP contribution in [0.1, 0.15) is 25.7 Å². The molecule has 0 aromatic heterocycles. The molecule has 0 aliphatic carbocycles. The molecule has 11 heavy (non-hydrogen) atoms. The second-order valence-electron chi connectivity index (χ2n) is 2.80. The summed E-state index contributed by atoms with van der Waals surface area (Å²) in [5, 5.41) is 0. The maximum absolute atomic E-state index is 10.3. The topological polar surface area (TPSA) is 46.5 Å². The minimum absolute atomic E-state index is 0.236. The third-order valence-electron chi connectivity index (χ3n) is 1.89. The summed E-state index contributed by atoms with van der Waals surface area (Å²) in [6, 6.07) is 0. The van der Waals surface area contributed by atoms with Crippen LogP contribution in [-0.2, 0) is 15.8 Å². The number of rotatable bonds is 3. The molecule has 0 aromatic carbocycles. The van der Waals surface area contributed by atoms with E-state index in [0.717, 1.165) is 25.9 Å². The van der Waals surface area contributed by atoms with Gasteiger partial charge < -0.3 is 9.29 Å². The molecule has 0 spiro atoms. The zero-order chi connectivity index (χ0) is 8.10. The summed E-state index contributed by atoms with van der Waals surface area (Å²) in [7, 11) is 0. The zero-order valence-corrected chi connectivity index (χ0v) is 7.31. The summed E-state index contributed by atoms with van der Waals surface area (Å²) < 4.78 is 24.2. The molecule has 2 atom stereocenters. The van der Waals surface area contributed by atoms with Crippen molar-refractivity contribution in [3.8, 4) is 0 Å². The summed E-state index contributed by atoms with van der Waals surface area (Å²) in [6.45, 7) is 0.822. The summed E-state index contributed by atoms with van der Waals surface area (Å²) in [5.41, 5.74) is 0. The molecule has 0 bridgehead atoms. The van der Waals surface area contributed by atoms with Gasteiger partial charge in [0, 0.05) is 6.61 Å². The van der Waals surface area contributed by atoms with E-state index in [4.69, 9.17) is 9.29 Å². The minimum Gasteiger partial charge on any atom is -0.378 e. The highest BCUT2D eigenvalue weighted by Gasteiger charge is 2.13. The molecule has 4 heteroatoms. The van der Waals surface area contributed by atoms with Gasteiger partial charge in [0.1, 0.15) is 0 Å². The van der Waals surface area contributed by atoms with Crippen molar-refractivity contribution in [3.63, 3.8) is 0 Å². The molecule has 0 amide bonds. The first-order chi connectivity index (χ1) is 5.29. The molecule has 1 heterocycles. The van der Waals surface area contributed by atoms with Crippen molar-refractivity contribution in [2.75, 3.05) is 12.4 Å². The Morgan fingerprint density at radius 1 is 1.55 bits per heavy atom. The van der Waals surface area contributed by atoms with Crippen LogP contribution in [0.15, 0.2) is 0 Å². The lowest BCUT2D eigenvalue weighted by Gasteiger charge is -2.21. The molecule has 1 aliphatic rings. The first-order valence-electron chi connectivity index (χ1n) is 3.98. The van der Waals surface area contributed by atoms with Crippen molar-refractivity contribution < 1.29 is 13.5 Å². The highest BCUT2D eigenvalue weighted by atomic mass is 32.2. The largest absolute Gasteiger partial charge is 0.378 e. The standard InChI is InChI=1S/C7H14O3S/c8-11(9)6-4-7-3-1-2-5-10-7/h7H,1-6H2,(H,8,9). The Labute approximate surface area is 69.4 Å². The summed E-state index contributed by atoms with van der Waals surface area (Å²) in [4.78, 5) is 0. The molecule has 1 rings (SSSR count). The molecule has 0 saturated carbocycles. The third kappa shape index (κ3) is 3.84. The van der Waals surface area contributed by atoms with Crippen molar-refractivity contribution in [3.05, 3.63) is 0 Å². The van der Waals surface area contributed by atoms with Crippen LogP contribution < -0.4 is 0 Å². The zero-order valence-electron chi connectivity index (χ0n) is 6.49. The first kappa shape index (κ1) is 9.16. The van der Waals surface area contributed by atoms with E-state index in [1.807, 2.05) is 0 Å². The summed E-state index contributed by atoms with van der Waals surface area (Å²) in [6.07, 6.45) is 4.35. The number of hydrogen-bond acceptors (Lipinski definition) is 2. The molecule has 0 radical (unpaired) electrons. The van der Waals surface area contributed by atoms with E-state index in [1.165, 1.54) is 6.42 Å². The lowest BCUT2D eigenvalue weighted by molar-refractivity contribution is 0.0147. The quantitative estimate of drug-likeness (QED) is 0.660. The Bertz CT molecular complexity index is 132. The van der Waals surface area contributed by atoms with Gasteiger partial charge in [-0.05, 0) is 25.7 Å². The maximum Gasteiger partial charge on any atom is 0.152 e. The number of ether oxygens (including phenoxy) is 1. The molecular weight excluding hydrogens is 164 g/mol. The van der Waals surface area contributed by atoms with E-state index in [9.17, 15) is 4.21 Å². The average Bonchev–Trinajstić information content (AvgIpc) is 2.03. The molecule has 66 valence electrons. The average molecular weight is 178 g/mol. The van der Waals surface area contributed by atoms with E-state index in [0.29, 0.717) is 5.75 Å². The van der Waals surface area contributed by atoms with Crippen LogP contribution in [0.5, 0.6) is 0 Å². The lowest BCUT2D eigenvalue weighted by Crippen LogP contribution is -2.20. The fourth-order valence-corrected chi connectivity index (χ4v) is 1.73. The summed E-state index contributed by atoms with van der Waals surface area (Å²) in [5.74, 6) is 0.352. The molecular formula is C7H14O3S. The Morgan fingerprint density at radius 3 is 2.91 bits per heavy atom. The highest BCUT2D eigenvalue weighted by Crippen LogP contribution is 2.15. The normalized spacial score (nSPS) is 28.3. The van der Waals surface area contributed by atoms with Crippen molar-refractivity contribution in [1.82, 2.24) is 0 Å². The van der Waals surface area contributed by atoms with Gasteiger partial charge >= 0.3 is 0 Å². The van der Waals surface area contributed by atoms with Crippen LogP contribution in [0.2, 0.25) is 0 Å². The van der Waals surface area contributed by atoms with Crippen LogP contribution in [0.3, 0.4) is 0 Å². The molecule has 1 fully saturated rings. The third-order valence-corrected chi connectivity index (χ3v) is 2.47. The van der Waals surface area contributed by atoms with Crippen LogP contribution in [-0.4, -0.2) is 27.2 Å². The van der Waals surface area contributed by atoms with E-state index in [1.54, 1.807) is 0 Å². The molecule has 1 saturated heterocycles. The lowest BCUT2D eigenvalue weighted by atomic mass is 10.1. The predicted octanol–water partition coefficient (Wildman–Crippen LogP) is 1.17. The van der Waals surface area contributed by atoms with E-state index < -0.39 is 11.1 Å². The highest BCUT2D eigenvalue weighted by molar-refractivity contribution is 7.79. The Hall–Kier alpha value is 0.0700. The van der Waals surface area contributed by atoms with Gasteiger partial charge in [0.25, 0.3) is 0 Å². The Kier molecular flexibility index (Phi) is 4.04. The van der Waals surface area contributed by atoms with Crippen molar-refractivity contribution in [1.29, 1.82) is 0 Å². The van der Waals surface area contributed by atoms with Crippen LogP contribution in [0, 0.1) is 0 Å². The molecule has 2 unspecified atom stereocenters. The second kappa shape index (κ2) is 4.85. The minimum atomic E-state index is -1.65. The van der Waals surface area contributed by atoms with Crippen LogP contribution in [0.25, 0.3) is 0 Å². The molecule has 1 aliphatic heterocycles. The molecule has 0 aromatic rings. The fourth-order valence-electron chi connectivity index (χ4n) is 1.27. The smallest absolute Gasteiger partial charge is 0.152 e. The van der Waals surface area contributed by atoms with Crippen LogP contribution >= 0.6 is 0 Å². The van der Waals surface area contributed by atoms with Gasteiger partial charge in [0.2, 0.25) is 0 Å². The van der Waals surface area contributed by atoms with E-state index >= 15 is 0 Å². The summed E-state index contributed by atoms with van der Waals surface area (Å²) >= 11 is -1.65. The van der Waals surface area contributed by atoms with Gasteiger partial charge in [-0.1, -0.05) is 0 Å². The van der Waals surface area contributed by atoms with Crippen molar-refractivity contribution >= 4 is 11.1 Å². The van der Waals surface area contributed by atoms with Crippen LogP contribution in [0.4, 0.5) is 0 Å².